The molecule has 0 unspecified atom stereocenters. The number of hydrogen-bond donors (Lipinski definition) is 0. The average molecular weight is 402 g/mol. The van der Waals surface area contributed by atoms with Gasteiger partial charge in [0.15, 0.2) is 5.78 Å². The summed E-state index contributed by atoms with van der Waals surface area (Å²) >= 11 is 15.6. The lowest BCUT2D eigenvalue weighted by atomic mass is 10.1. The second-order valence-corrected chi connectivity index (χ2v) is 5.57. The topological polar surface area (TPSA) is 68.3 Å². The Balaban J connectivity index is 0.000000443. The second-order valence-electron chi connectivity index (χ2n) is 4.54. The highest BCUT2D eigenvalue weighted by atomic mass is 35.5. The van der Waals surface area contributed by atoms with Gasteiger partial charge in [-0.1, -0.05) is 37.8 Å². The summed E-state index contributed by atoms with van der Waals surface area (Å²) in [4.78, 5) is 42.7. The fourth-order valence-electron chi connectivity index (χ4n) is 1.60. The Kier molecular flexibility index (Phi) is 9.91. The maximum Gasteiger partial charge on any atom is 0.252 e. The van der Waals surface area contributed by atoms with Crippen molar-refractivity contribution >= 4 is 56.3 Å². The quantitative estimate of drug-likeness (QED) is 0.511. The van der Waals surface area contributed by atoms with Gasteiger partial charge >= 0.3 is 0 Å². The van der Waals surface area contributed by atoms with E-state index in [0.29, 0.717) is 11.1 Å². The summed E-state index contributed by atoms with van der Waals surface area (Å²) in [6.45, 7) is 1.47. The predicted molar refractivity (Wildman–Crippen MR) is 100 cm³/mol. The molecule has 0 fully saturated rings. The third-order valence-corrected chi connectivity index (χ3v) is 3.49. The van der Waals surface area contributed by atoms with Crippen molar-refractivity contribution in [3.63, 3.8) is 0 Å². The molecule has 0 spiro atoms. The SMILES string of the molecule is C.CC(=O)c1ccc(C(=O)Cl)cc1.O=C(Cl)c1cccc(C(=O)Cl)c1. The van der Waals surface area contributed by atoms with Crippen molar-refractivity contribution in [3.05, 3.63) is 70.8 Å². The monoisotopic (exact) mass is 400 g/mol. The standard InChI is InChI=1S/C9H7ClO2.C8H4Cl2O2.CH4/c1-6(11)7-2-4-8(5-3-7)9(10)12;9-7(11)5-2-1-3-6(4-5)8(10)12;/h2-5H,1H3;1-4H;1H4. The van der Waals surface area contributed by atoms with Crippen LogP contribution in [0.5, 0.6) is 0 Å². The van der Waals surface area contributed by atoms with Gasteiger partial charge in [-0.05, 0) is 59.9 Å². The van der Waals surface area contributed by atoms with Crippen LogP contribution in [0.2, 0.25) is 0 Å². The second kappa shape index (κ2) is 10.8. The Bertz CT molecular complexity index is 721. The first-order valence-electron chi connectivity index (χ1n) is 6.53. The van der Waals surface area contributed by atoms with Crippen LogP contribution in [0.3, 0.4) is 0 Å². The van der Waals surface area contributed by atoms with Gasteiger partial charge in [-0.15, -0.1) is 0 Å². The number of halogens is 3. The normalized spacial score (nSPS) is 9.12. The van der Waals surface area contributed by atoms with E-state index in [2.05, 4.69) is 0 Å². The molecule has 0 atom stereocenters. The number of ketones is 1. The first-order valence-corrected chi connectivity index (χ1v) is 7.66. The number of Topliss-reactive ketones (excluding diaryl/α,β-unsaturated/α-hetero) is 1. The van der Waals surface area contributed by atoms with Gasteiger partial charge in [0.05, 0.1) is 0 Å². The molecule has 0 saturated heterocycles. The van der Waals surface area contributed by atoms with E-state index in [0.717, 1.165) is 0 Å². The van der Waals surface area contributed by atoms with Crippen LogP contribution in [-0.4, -0.2) is 21.5 Å². The molecule has 0 N–H and O–H groups in total. The summed E-state index contributed by atoms with van der Waals surface area (Å²) in [5, 5.41) is -1.71. The van der Waals surface area contributed by atoms with Gasteiger partial charge in [-0.3, -0.25) is 19.2 Å². The molecule has 25 heavy (non-hydrogen) atoms. The molecule has 0 saturated carbocycles. The highest BCUT2D eigenvalue weighted by Gasteiger charge is 2.05. The van der Waals surface area contributed by atoms with E-state index >= 15 is 0 Å². The first kappa shape index (κ1) is 23.0. The molecular formula is C18H15Cl3O4. The zero-order valence-corrected chi connectivity index (χ0v) is 14.7. The molecule has 0 aromatic heterocycles. The lowest BCUT2D eigenvalue weighted by Gasteiger charge is -1.95. The molecule has 0 bridgehead atoms. The maximum atomic E-state index is 10.8. The van der Waals surface area contributed by atoms with Crippen molar-refractivity contribution in [2.45, 2.75) is 14.4 Å². The number of rotatable bonds is 4. The van der Waals surface area contributed by atoms with Crippen LogP contribution in [0.1, 0.15) is 55.8 Å². The number of carbonyl (C=O) groups is 4. The first-order chi connectivity index (χ1) is 11.2. The minimum absolute atomic E-state index is 0. The zero-order valence-electron chi connectivity index (χ0n) is 12.4. The molecule has 0 aliphatic heterocycles. The zero-order chi connectivity index (χ0) is 18.3. The summed E-state index contributed by atoms with van der Waals surface area (Å²) in [5.41, 5.74) is 1.52. The van der Waals surface area contributed by atoms with Gasteiger partial charge in [-0.25, -0.2) is 0 Å². The molecule has 132 valence electrons. The minimum Gasteiger partial charge on any atom is -0.295 e. The van der Waals surface area contributed by atoms with Crippen LogP contribution in [0, 0.1) is 0 Å². The number of carbonyl (C=O) groups excluding carboxylic acids is 4. The van der Waals surface area contributed by atoms with Crippen molar-refractivity contribution in [1.29, 1.82) is 0 Å². The minimum atomic E-state index is -0.602. The fraction of sp³-hybridized carbons (Fsp3) is 0.111. The van der Waals surface area contributed by atoms with E-state index < -0.39 is 15.7 Å². The Hall–Kier alpha value is -2.01. The van der Waals surface area contributed by atoms with Crippen molar-refractivity contribution in [2.75, 3.05) is 0 Å². The highest BCUT2D eigenvalue weighted by molar-refractivity contribution is 6.69. The van der Waals surface area contributed by atoms with Gasteiger partial charge in [0.25, 0.3) is 15.7 Å². The lowest BCUT2D eigenvalue weighted by molar-refractivity contribution is 0.101. The van der Waals surface area contributed by atoms with Crippen LogP contribution in [-0.2, 0) is 0 Å². The van der Waals surface area contributed by atoms with E-state index in [1.165, 1.54) is 37.3 Å². The summed E-state index contributed by atoms with van der Waals surface area (Å²) in [6.07, 6.45) is 0. The molecule has 2 aromatic carbocycles. The van der Waals surface area contributed by atoms with Gasteiger partial charge < -0.3 is 0 Å². The number of benzene rings is 2. The van der Waals surface area contributed by atoms with Gasteiger partial charge in [0.2, 0.25) is 0 Å². The Morgan fingerprint density at radius 2 is 1.00 bits per heavy atom. The Morgan fingerprint density at radius 3 is 1.32 bits per heavy atom. The molecule has 2 rings (SSSR count). The van der Waals surface area contributed by atoms with Crippen LogP contribution < -0.4 is 0 Å². The van der Waals surface area contributed by atoms with Crippen molar-refractivity contribution < 1.29 is 19.2 Å². The van der Waals surface area contributed by atoms with Gasteiger partial charge in [0.1, 0.15) is 0 Å². The smallest absolute Gasteiger partial charge is 0.252 e. The van der Waals surface area contributed by atoms with Crippen LogP contribution >= 0.6 is 34.8 Å². The largest absolute Gasteiger partial charge is 0.295 e. The van der Waals surface area contributed by atoms with Crippen LogP contribution in [0.4, 0.5) is 0 Å². The van der Waals surface area contributed by atoms with E-state index in [1.807, 2.05) is 0 Å². The van der Waals surface area contributed by atoms with Gasteiger partial charge in [0, 0.05) is 22.3 Å². The van der Waals surface area contributed by atoms with Crippen LogP contribution in [0.15, 0.2) is 48.5 Å². The molecular weight excluding hydrogens is 387 g/mol. The van der Waals surface area contributed by atoms with E-state index in [-0.39, 0.29) is 24.3 Å². The van der Waals surface area contributed by atoms with Crippen molar-refractivity contribution in [3.8, 4) is 0 Å². The van der Waals surface area contributed by atoms with E-state index in [1.54, 1.807) is 18.2 Å². The molecule has 7 heteroatoms. The predicted octanol–water partition coefficient (Wildman–Crippen LogP) is 5.35. The third kappa shape index (κ3) is 7.61. The van der Waals surface area contributed by atoms with E-state index in [9.17, 15) is 19.2 Å². The maximum absolute atomic E-state index is 10.8. The van der Waals surface area contributed by atoms with Crippen LogP contribution in [0.25, 0.3) is 0 Å². The Labute approximate surface area is 160 Å². The van der Waals surface area contributed by atoms with E-state index in [4.69, 9.17) is 34.8 Å². The molecule has 0 aliphatic rings. The third-order valence-electron chi connectivity index (χ3n) is 2.83. The van der Waals surface area contributed by atoms with Gasteiger partial charge in [-0.2, -0.15) is 0 Å². The molecule has 0 amide bonds. The Morgan fingerprint density at radius 1 is 0.640 bits per heavy atom. The molecule has 0 heterocycles. The average Bonchev–Trinajstić information content (AvgIpc) is 2.55. The summed E-state index contributed by atoms with van der Waals surface area (Å²) < 4.78 is 0. The fourth-order valence-corrected chi connectivity index (χ4v) is 1.96. The molecule has 0 aliphatic carbocycles. The number of hydrogen-bond acceptors (Lipinski definition) is 4. The summed E-state index contributed by atoms with van der Waals surface area (Å²) in [7, 11) is 0. The summed E-state index contributed by atoms with van der Waals surface area (Å²) in [6, 6.07) is 12.2. The van der Waals surface area contributed by atoms with Crippen molar-refractivity contribution in [2.24, 2.45) is 0 Å². The van der Waals surface area contributed by atoms with Crippen molar-refractivity contribution in [1.82, 2.24) is 0 Å². The lowest BCUT2D eigenvalue weighted by Crippen LogP contribution is -1.93. The summed E-state index contributed by atoms with van der Waals surface area (Å²) in [5.74, 6) is -0.0245. The molecule has 4 nitrogen and oxygen atoms in total. The molecule has 0 radical (unpaired) electrons. The molecule has 2 aromatic rings. The highest BCUT2D eigenvalue weighted by Crippen LogP contribution is 2.10.